The molecule has 1 aliphatic carbocycles. The van der Waals surface area contributed by atoms with Crippen molar-refractivity contribution >= 4 is 17.5 Å². The van der Waals surface area contributed by atoms with E-state index in [1.165, 1.54) is 6.07 Å². The Morgan fingerprint density at radius 3 is 2.48 bits per heavy atom. The molecule has 2 aromatic carbocycles. The maximum absolute atomic E-state index is 13.6. The van der Waals surface area contributed by atoms with Gasteiger partial charge in [-0.15, -0.1) is 0 Å². The first kappa shape index (κ1) is 15.1. The molecule has 23 heavy (non-hydrogen) atoms. The predicted octanol–water partition coefficient (Wildman–Crippen LogP) is 3.11. The molecule has 4 nitrogen and oxygen atoms in total. The second-order valence-corrected chi connectivity index (χ2v) is 5.41. The lowest BCUT2D eigenvalue weighted by molar-refractivity contribution is 0.0949. The monoisotopic (exact) mass is 316 g/mol. The lowest BCUT2D eigenvalue weighted by atomic mass is 10.1. The number of carbonyl (C=O) groups is 2. The van der Waals surface area contributed by atoms with Gasteiger partial charge >= 0.3 is 0 Å². The average Bonchev–Trinajstić information content (AvgIpc) is 3.31. The Hall–Kier alpha value is -2.76. The molecule has 0 unspecified atom stereocenters. The highest BCUT2D eigenvalue weighted by Gasteiger charge is 2.23. The summed E-state index contributed by atoms with van der Waals surface area (Å²) < 4.78 is 26.5. The van der Waals surface area contributed by atoms with Crippen molar-refractivity contribution in [3.8, 4) is 0 Å². The molecule has 3 rings (SSSR count). The number of amides is 2. The van der Waals surface area contributed by atoms with E-state index in [4.69, 9.17) is 0 Å². The maximum atomic E-state index is 13.6. The van der Waals surface area contributed by atoms with Crippen molar-refractivity contribution < 1.29 is 18.4 Å². The molecular weight excluding hydrogens is 302 g/mol. The Morgan fingerprint density at radius 1 is 1.00 bits per heavy atom. The van der Waals surface area contributed by atoms with Crippen molar-refractivity contribution in [2.45, 2.75) is 18.9 Å². The summed E-state index contributed by atoms with van der Waals surface area (Å²) >= 11 is 0. The maximum Gasteiger partial charge on any atom is 0.258 e. The minimum Gasteiger partial charge on any atom is -0.349 e. The Kier molecular flexibility index (Phi) is 4.06. The van der Waals surface area contributed by atoms with Gasteiger partial charge < -0.3 is 10.6 Å². The van der Waals surface area contributed by atoms with Gasteiger partial charge in [0, 0.05) is 23.4 Å². The fourth-order valence-corrected chi connectivity index (χ4v) is 2.11. The van der Waals surface area contributed by atoms with Crippen molar-refractivity contribution in [3.63, 3.8) is 0 Å². The van der Waals surface area contributed by atoms with Gasteiger partial charge in [0.1, 0.15) is 11.6 Å². The minimum atomic E-state index is -0.940. The highest BCUT2D eigenvalue weighted by Crippen LogP contribution is 2.20. The SMILES string of the molecule is O=C(NC1CC1)c1cccc(NC(=O)c2ccc(F)cc2F)c1. The van der Waals surface area contributed by atoms with Gasteiger partial charge in [-0.3, -0.25) is 9.59 Å². The topological polar surface area (TPSA) is 58.2 Å². The molecule has 1 fully saturated rings. The van der Waals surface area contributed by atoms with Gasteiger partial charge in [-0.05, 0) is 43.2 Å². The third-order valence-electron chi connectivity index (χ3n) is 3.47. The van der Waals surface area contributed by atoms with Crippen LogP contribution in [-0.4, -0.2) is 17.9 Å². The van der Waals surface area contributed by atoms with Crippen molar-refractivity contribution in [2.24, 2.45) is 0 Å². The summed E-state index contributed by atoms with van der Waals surface area (Å²) in [5.74, 6) is -2.61. The van der Waals surface area contributed by atoms with E-state index in [1.807, 2.05) is 0 Å². The molecule has 1 saturated carbocycles. The van der Waals surface area contributed by atoms with E-state index in [9.17, 15) is 18.4 Å². The fraction of sp³-hybridized carbons (Fsp3) is 0.176. The van der Waals surface area contributed by atoms with Gasteiger partial charge in [0.05, 0.1) is 5.56 Å². The molecule has 118 valence electrons. The van der Waals surface area contributed by atoms with E-state index in [0.717, 1.165) is 25.0 Å². The summed E-state index contributed by atoms with van der Waals surface area (Å²) in [5.41, 5.74) is 0.510. The van der Waals surface area contributed by atoms with Crippen LogP contribution in [0.5, 0.6) is 0 Å². The highest BCUT2D eigenvalue weighted by atomic mass is 19.1. The van der Waals surface area contributed by atoms with Crippen molar-refractivity contribution in [1.29, 1.82) is 0 Å². The van der Waals surface area contributed by atoms with E-state index < -0.39 is 17.5 Å². The molecule has 0 aliphatic heterocycles. The van der Waals surface area contributed by atoms with Crippen LogP contribution in [0.2, 0.25) is 0 Å². The fourth-order valence-electron chi connectivity index (χ4n) is 2.11. The predicted molar refractivity (Wildman–Crippen MR) is 81.2 cm³/mol. The van der Waals surface area contributed by atoms with Crippen LogP contribution in [0.1, 0.15) is 33.6 Å². The number of benzene rings is 2. The van der Waals surface area contributed by atoms with Crippen LogP contribution in [0, 0.1) is 11.6 Å². The van der Waals surface area contributed by atoms with E-state index in [2.05, 4.69) is 10.6 Å². The summed E-state index contributed by atoms with van der Waals surface area (Å²) in [7, 11) is 0. The van der Waals surface area contributed by atoms with Crippen LogP contribution in [0.4, 0.5) is 14.5 Å². The van der Waals surface area contributed by atoms with Crippen molar-refractivity contribution in [3.05, 3.63) is 65.2 Å². The highest BCUT2D eigenvalue weighted by molar-refractivity contribution is 6.05. The van der Waals surface area contributed by atoms with E-state index >= 15 is 0 Å². The second kappa shape index (κ2) is 6.16. The van der Waals surface area contributed by atoms with Crippen LogP contribution in [0.3, 0.4) is 0 Å². The second-order valence-electron chi connectivity index (χ2n) is 5.41. The summed E-state index contributed by atoms with van der Waals surface area (Å²) in [6, 6.07) is 9.32. The van der Waals surface area contributed by atoms with Crippen molar-refractivity contribution in [1.82, 2.24) is 5.32 Å². The molecule has 0 atom stereocenters. The number of halogens is 2. The zero-order chi connectivity index (χ0) is 16.4. The molecule has 0 saturated heterocycles. The first-order chi connectivity index (χ1) is 11.0. The summed E-state index contributed by atoms with van der Waals surface area (Å²) in [5, 5.41) is 5.35. The van der Waals surface area contributed by atoms with Gasteiger partial charge in [-0.1, -0.05) is 6.07 Å². The zero-order valence-electron chi connectivity index (χ0n) is 12.1. The normalized spacial score (nSPS) is 13.5. The Morgan fingerprint density at radius 2 is 1.78 bits per heavy atom. The molecule has 2 N–H and O–H groups in total. The molecule has 0 spiro atoms. The molecular formula is C17H14F2N2O2. The van der Waals surface area contributed by atoms with Gasteiger partial charge in [-0.2, -0.15) is 0 Å². The molecule has 0 heterocycles. The van der Waals surface area contributed by atoms with Crippen molar-refractivity contribution in [2.75, 3.05) is 5.32 Å². The minimum absolute atomic E-state index is 0.212. The van der Waals surface area contributed by atoms with E-state index in [-0.39, 0.29) is 17.5 Å². The lowest BCUT2D eigenvalue weighted by Gasteiger charge is -2.08. The summed E-state index contributed by atoms with van der Waals surface area (Å²) in [6.45, 7) is 0. The Balaban J connectivity index is 1.74. The molecule has 0 bridgehead atoms. The van der Waals surface area contributed by atoms with Gasteiger partial charge in [0.15, 0.2) is 0 Å². The lowest BCUT2D eigenvalue weighted by Crippen LogP contribution is -2.25. The molecule has 6 heteroatoms. The number of hydrogen-bond donors (Lipinski definition) is 2. The van der Waals surface area contributed by atoms with Gasteiger partial charge in [0.2, 0.25) is 0 Å². The largest absolute Gasteiger partial charge is 0.349 e. The first-order valence-electron chi connectivity index (χ1n) is 7.20. The standard InChI is InChI=1S/C17H14F2N2O2/c18-11-4-7-14(15(19)9-11)17(23)21-13-3-1-2-10(8-13)16(22)20-12-5-6-12/h1-4,7-9,12H,5-6H2,(H,20,22)(H,21,23). The quantitative estimate of drug-likeness (QED) is 0.910. The Bertz CT molecular complexity index is 773. The molecule has 1 aliphatic rings. The number of carbonyl (C=O) groups excluding carboxylic acids is 2. The number of rotatable bonds is 4. The number of nitrogens with one attached hydrogen (secondary N) is 2. The average molecular weight is 316 g/mol. The smallest absolute Gasteiger partial charge is 0.258 e. The molecule has 0 radical (unpaired) electrons. The first-order valence-corrected chi connectivity index (χ1v) is 7.20. The van der Waals surface area contributed by atoms with Crippen LogP contribution in [0.15, 0.2) is 42.5 Å². The van der Waals surface area contributed by atoms with Crippen LogP contribution < -0.4 is 10.6 Å². The third-order valence-corrected chi connectivity index (χ3v) is 3.47. The van der Waals surface area contributed by atoms with Crippen LogP contribution in [0.25, 0.3) is 0 Å². The number of hydrogen-bond acceptors (Lipinski definition) is 2. The molecule has 2 aromatic rings. The number of anilines is 1. The summed E-state index contributed by atoms with van der Waals surface area (Å²) in [6.07, 6.45) is 1.96. The molecule has 2 amide bonds. The van der Waals surface area contributed by atoms with Crippen LogP contribution >= 0.6 is 0 Å². The third kappa shape index (κ3) is 3.71. The summed E-state index contributed by atoms with van der Waals surface area (Å²) in [4.78, 5) is 24.0. The van der Waals surface area contributed by atoms with E-state index in [0.29, 0.717) is 17.3 Å². The van der Waals surface area contributed by atoms with Crippen LogP contribution in [-0.2, 0) is 0 Å². The Labute approximate surface area is 131 Å². The van der Waals surface area contributed by atoms with Gasteiger partial charge in [-0.25, -0.2) is 8.78 Å². The zero-order valence-corrected chi connectivity index (χ0v) is 12.1. The molecule has 0 aromatic heterocycles. The van der Waals surface area contributed by atoms with Gasteiger partial charge in [0.25, 0.3) is 11.8 Å². The van der Waals surface area contributed by atoms with E-state index in [1.54, 1.807) is 18.2 Å².